The van der Waals surface area contributed by atoms with Crippen LogP contribution < -0.4 is 10.2 Å². The van der Waals surface area contributed by atoms with E-state index in [-0.39, 0.29) is 0 Å². The van der Waals surface area contributed by atoms with Gasteiger partial charge in [0.1, 0.15) is 0 Å². The molecule has 82 valence electrons. The zero-order valence-corrected chi connectivity index (χ0v) is 10.6. The van der Waals surface area contributed by atoms with E-state index < -0.39 is 0 Å². The van der Waals surface area contributed by atoms with Crippen LogP contribution in [0.4, 0.5) is 5.69 Å². The summed E-state index contributed by atoms with van der Waals surface area (Å²) in [5.41, 5.74) is 1.31. The number of rotatable bonds is 1. The molecule has 1 aromatic rings. The number of nitrogens with zero attached hydrogens (tertiary/aromatic N) is 1. The van der Waals surface area contributed by atoms with Crippen molar-refractivity contribution in [2.24, 2.45) is 0 Å². The fourth-order valence-corrected chi connectivity index (χ4v) is 2.57. The highest BCUT2D eigenvalue weighted by atomic mass is 79.9. The Morgan fingerprint density at radius 2 is 2.13 bits per heavy atom. The Hall–Kier alpha value is -0.540. The van der Waals surface area contributed by atoms with Crippen LogP contribution in [0.3, 0.4) is 0 Å². The van der Waals surface area contributed by atoms with Gasteiger partial charge in [0.15, 0.2) is 0 Å². The second kappa shape index (κ2) is 4.99. The highest BCUT2D eigenvalue weighted by Gasteiger charge is 2.18. The van der Waals surface area contributed by atoms with Crippen LogP contribution in [0.2, 0.25) is 0 Å². The summed E-state index contributed by atoms with van der Waals surface area (Å²) in [6, 6.07) is 9.07. The summed E-state index contributed by atoms with van der Waals surface area (Å²) in [7, 11) is 0. The largest absolute Gasteiger partial charge is 0.367 e. The number of hydrogen-bond acceptors (Lipinski definition) is 2. The Balaban J connectivity index is 2.24. The first-order valence-corrected chi connectivity index (χ1v) is 6.30. The normalized spacial score (nSPS) is 22.5. The van der Waals surface area contributed by atoms with Crippen LogP contribution in [0.5, 0.6) is 0 Å². The minimum absolute atomic E-state index is 0.610. The zero-order valence-electron chi connectivity index (χ0n) is 9.04. The van der Waals surface area contributed by atoms with Crippen LogP contribution in [-0.4, -0.2) is 25.7 Å². The third kappa shape index (κ3) is 2.52. The SMILES string of the molecule is CC1CCNCCN1c1ccccc1Br. The number of nitrogens with one attached hydrogen (secondary N) is 1. The summed E-state index contributed by atoms with van der Waals surface area (Å²) in [5, 5.41) is 3.44. The van der Waals surface area contributed by atoms with Crippen LogP contribution in [-0.2, 0) is 0 Å². The molecule has 1 aliphatic heterocycles. The summed E-state index contributed by atoms with van der Waals surface area (Å²) >= 11 is 3.62. The van der Waals surface area contributed by atoms with Crippen LogP contribution in [0.15, 0.2) is 28.7 Å². The van der Waals surface area contributed by atoms with Gasteiger partial charge in [0.05, 0.1) is 5.69 Å². The van der Waals surface area contributed by atoms with Gasteiger partial charge in [-0.3, -0.25) is 0 Å². The molecule has 0 bridgehead atoms. The molecule has 1 atom stereocenters. The lowest BCUT2D eigenvalue weighted by molar-refractivity contribution is 0.630. The third-order valence-corrected chi connectivity index (χ3v) is 3.63. The maximum absolute atomic E-state index is 3.62. The fraction of sp³-hybridized carbons (Fsp3) is 0.500. The molecule has 1 N–H and O–H groups in total. The van der Waals surface area contributed by atoms with E-state index in [0.29, 0.717) is 6.04 Å². The summed E-state index contributed by atoms with van der Waals surface area (Å²) in [6.07, 6.45) is 1.21. The quantitative estimate of drug-likeness (QED) is 0.843. The summed E-state index contributed by atoms with van der Waals surface area (Å²) in [5.74, 6) is 0. The van der Waals surface area contributed by atoms with Gasteiger partial charge < -0.3 is 10.2 Å². The Labute approximate surface area is 99.8 Å². The van der Waals surface area contributed by atoms with Gasteiger partial charge in [0.25, 0.3) is 0 Å². The first-order valence-electron chi connectivity index (χ1n) is 5.51. The maximum Gasteiger partial charge on any atom is 0.0513 e. The van der Waals surface area contributed by atoms with Crippen molar-refractivity contribution >= 4 is 21.6 Å². The third-order valence-electron chi connectivity index (χ3n) is 2.96. The molecule has 0 saturated carbocycles. The van der Waals surface area contributed by atoms with Gasteiger partial charge in [0, 0.05) is 23.6 Å². The molecule has 0 spiro atoms. The van der Waals surface area contributed by atoms with E-state index in [4.69, 9.17) is 0 Å². The topological polar surface area (TPSA) is 15.3 Å². The second-order valence-corrected chi connectivity index (χ2v) is 4.89. The van der Waals surface area contributed by atoms with Crippen molar-refractivity contribution in [3.63, 3.8) is 0 Å². The first kappa shape index (κ1) is 11.0. The van der Waals surface area contributed by atoms with Crippen molar-refractivity contribution in [2.45, 2.75) is 19.4 Å². The molecule has 0 aromatic heterocycles. The molecule has 1 saturated heterocycles. The van der Waals surface area contributed by atoms with Crippen LogP contribution >= 0.6 is 15.9 Å². The van der Waals surface area contributed by atoms with Crippen molar-refractivity contribution in [3.8, 4) is 0 Å². The smallest absolute Gasteiger partial charge is 0.0513 e. The van der Waals surface area contributed by atoms with Gasteiger partial charge in [-0.15, -0.1) is 0 Å². The van der Waals surface area contributed by atoms with Gasteiger partial charge in [-0.05, 0) is 48.0 Å². The van der Waals surface area contributed by atoms with Gasteiger partial charge in [0.2, 0.25) is 0 Å². The highest BCUT2D eigenvalue weighted by Crippen LogP contribution is 2.28. The van der Waals surface area contributed by atoms with Crippen molar-refractivity contribution < 1.29 is 0 Å². The molecule has 1 aromatic carbocycles. The Morgan fingerprint density at radius 1 is 1.33 bits per heavy atom. The number of benzene rings is 1. The lowest BCUT2D eigenvalue weighted by Gasteiger charge is -2.29. The Morgan fingerprint density at radius 3 is 2.93 bits per heavy atom. The maximum atomic E-state index is 3.62. The number of hydrogen-bond donors (Lipinski definition) is 1. The van der Waals surface area contributed by atoms with E-state index in [1.807, 2.05) is 0 Å². The van der Waals surface area contributed by atoms with Crippen molar-refractivity contribution in [1.29, 1.82) is 0 Å². The summed E-state index contributed by atoms with van der Waals surface area (Å²) < 4.78 is 1.19. The van der Waals surface area contributed by atoms with E-state index in [9.17, 15) is 0 Å². The van der Waals surface area contributed by atoms with E-state index in [1.54, 1.807) is 0 Å². The molecule has 15 heavy (non-hydrogen) atoms. The van der Waals surface area contributed by atoms with Crippen LogP contribution in [0, 0.1) is 0 Å². The molecule has 0 radical (unpaired) electrons. The lowest BCUT2D eigenvalue weighted by atomic mass is 10.2. The van der Waals surface area contributed by atoms with Gasteiger partial charge in [-0.25, -0.2) is 0 Å². The average Bonchev–Trinajstić information content (AvgIpc) is 2.44. The van der Waals surface area contributed by atoms with Gasteiger partial charge >= 0.3 is 0 Å². The first-order chi connectivity index (χ1) is 7.29. The van der Waals surface area contributed by atoms with Crippen LogP contribution in [0.1, 0.15) is 13.3 Å². The molecule has 0 aliphatic carbocycles. The molecular formula is C12H17BrN2. The summed E-state index contributed by atoms with van der Waals surface area (Å²) in [6.45, 7) is 5.59. The molecule has 1 aliphatic rings. The van der Waals surface area contributed by atoms with Crippen molar-refractivity contribution in [2.75, 3.05) is 24.5 Å². The minimum atomic E-state index is 0.610. The molecule has 1 fully saturated rings. The fourth-order valence-electron chi connectivity index (χ4n) is 2.05. The highest BCUT2D eigenvalue weighted by molar-refractivity contribution is 9.10. The zero-order chi connectivity index (χ0) is 10.7. The van der Waals surface area contributed by atoms with Gasteiger partial charge in [-0.1, -0.05) is 12.1 Å². The lowest BCUT2D eigenvalue weighted by Crippen LogP contribution is -2.34. The van der Waals surface area contributed by atoms with Gasteiger partial charge in [-0.2, -0.15) is 0 Å². The van der Waals surface area contributed by atoms with E-state index in [2.05, 4.69) is 57.3 Å². The van der Waals surface area contributed by atoms with Crippen molar-refractivity contribution in [3.05, 3.63) is 28.7 Å². The predicted octanol–water partition coefficient (Wildman–Crippen LogP) is 2.64. The minimum Gasteiger partial charge on any atom is -0.367 e. The molecular weight excluding hydrogens is 252 g/mol. The molecule has 1 unspecified atom stereocenters. The van der Waals surface area contributed by atoms with Crippen molar-refractivity contribution in [1.82, 2.24) is 5.32 Å². The molecule has 0 amide bonds. The molecule has 2 nitrogen and oxygen atoms in total. The Kier molecular flexibility index (Phi) is 3.65. The predicted molar refractivity (Wildman–Crippen MR) is 68.4 cm³/mol. The number of para-hydroxylation sites is 1. The summed E-state index contributed by atoms with van der Waals surface area (Å²) in [4.78, 5) is 2.48. The molecule has 1 heterocycles. The van der Waals surface area contributed by atoms with E-state index in [0.717, 1.165) is 19.6 Å². The van der Waals surface area contributed by atoms with Crippen LogP contribution in [0.25, 0.3) is 0 Å². The molecule has 2 rings (SSSR count). The monoisotopic (exact) mass is 268 g/mol. The van der Waals surface area contributed by atoms with E-state index in [1.165, 1.54) is 16.6 Å². The second-order valence-electron chi connectivity index (χ2n) is 4.03. The number of halogens is 1. The molecule has 3 heteroatoms. The standard InChI is InChI=1S/C12H17BrN2/c1-10-6-7-14-8-9-15(10)12-5-3-2-4-11(12)13/h2-5,10,14H,6-9H2,1H3. The van der Waals surface area contributed by atoms with E-state index >= 15 is 0 Å². The number of anilines is 1. The Bertz CT molecular complexity index is 327. The average molecular weight is 269 g/mol.